The van der Waals surface area contributed by atoms with Gasteiger partial charge in [0, 0.05) is 23.3 Å². The maximum atomic E-state index is 2.62. The van der Waals surface area contributed by atoms with Gasteiger partial charge in [-0.3, -0.25) is 0 Å². The first-order valence-electron chi connectivity index (χ1n) is 6.02. The van der Waals surface area contributed by atoms with Gasteiger partial charge in [-0.2, -0.15) is 0 Å². The van der Waals surface area contributed by atoms with Crippen LogP contribution in [0.1, 0.15) is 6.92 Å². The lowest BCUT2D eigenvalue weighted by Gasteiger charge is -2.37. The molecule has 0 rings (SSSR count). The van der Waals surface area contributed by atoms with Crippen LogP contribution in [0.2, 0.25) is 64.0 Å². The van der Waals surface area contributed by atoms with Crippen LogP contribution >= 0.6 is 0 Å². The van der Waals surface area contributed by atoms with Crippen molar-refractivity contribution < 1.29 is 0 Å². The third-order valence-electron chi connectivity index (χ3n) is 4.41. The molecule has 0 amide bonds. The SMILES string of the molecule is CC[Si](C)(C)CC[Si](C)(C)[Si](C)(C)C. The predicted molar refractivity (Wildman–Crippen MR) is 78.4 cm³/mol. The highest BCUT2D eigenvalue weighted by molar-refractivity contribution is 7.40. The topological polar surface area (TPSA) is 0 Å². The molecule has 0 aromatic carbocycles. The van der Waals surface area contributed by atoms with Gasteiger partial charge in [-0.15, -0.1) is 0 Å². The van der Waals surface area contributed by atoms with Gasteiger partial charge >= 0.3 is 0 Å². The number of hydrogen-bond acceptors (Lipinski definition) is 0. The minimum atomic E-state index is -0.857. The Morgan fingerprint density at radius 1 is 0.714 bits per heavy atom. The summed E-state index contributed by atoms with van der Waals surface area (Å²) in [5.74, 6) is 0. The first kappa shape index (κ1) is 14.7. The molecule has 0 aliphatic heterocycles. The zero-order chi connectivity index (χ0) is 11.6. The quantitative estimate of drug-likeness (QED) is 0.609. The maximum Gasteiger partial charge on any atom is 0.0468 e. The summed E-state index contributed by atoms with van der Waals surface area (Å²) in [6.07, 6.45) is 0. The maximum absolute atomic E-state index is 2.62. The molecule has 0 fully saturated rings. The fourth-order valence-electron chi connectivity index (χ4n) is 1.20. The Morgan fingerprint density at radius 3 is 1.43 bits per heavy atom. The first-order chi connectivity index (χ1) is 6.02. The molecule has 0 heterocycles. The highest BCUT2D eigenvalue weighted by Crippen LogP contribution is 2.29. The van der Waals surface area contributed by atoms with E-state index in [2.05, 4.69) is 52.8 Å². The molecule has 0 saturated heterocycles. The second-order valence-electron chi connectivity index (χ2n) is 7.15. The Hall–Kier alpha value is 0.651. The van der Waals surface area contributed by atoms with Crippen molar-refractivity contribution in [2.24, 2.45) is 0 Å². The summed E-state index contributed by atoms with van der Waals surface area (Å²) in [6.45, 7) is 20.5. The van der Waals surface area contributed by atoms with Crippen LogP contribution in [0, 0.1) is 0 Å². The molecular formula is C11H30Si3. The lowest BCUT2D eigenvalue weighted by atomic mass is 10.9. The van der Waals surface area contributed by atoms with E-state index in [1.54, 1.807) is 12.1 Å². The Morgan fingerprint density at radius 2 is 1.14 bits per heavy atom. The highest BCUT2D eigenvalue weighted by Gasteiger charge is 2.37. The Labute approximate surface area is 94.3 Å². The molecule has 0 aliphatic rings. The number of hydrogen-bond donors (Lipinski definition) is 0. The summed E-state index contributed by atoms with van der Waals surface area (Å²) in [7, 11) is -2.50. The summed E-state index contributed by atoms with van der Waals surface area (Å²) in [6, 6.07) is 4.63. The summed E-state index contributed by atoms with van der Waals surface area (Å²) >= 11 is 0. The molecule has 0 unspecified atom stereocenters. The highest BCUT2D eigenvalue weighted by atomic mass is 29.3. The first-order valence-corrected chi connectivity index (χ1v) is 17.1. The second-order valence-corrected chi connectivity index (χ2v) is 30.0. The fourth-order valence-corrected chi connectivity index (χ4v) is 10.9. The van der Waals surface area contributed by atoms with Crippen LogP contribution in [0.15, 0.2) is 0 Å². The van der Waals surface area contributed by atoms with Gasteiger partial charge < -0.3 is 0 Å². The third kappa shape index (κ3) is 4.45. The fraction of sp³-hybridized carbons (Fsp3) is 1.00. The normalized spacial score (nSPS) is 14.6. The molecular weight excluding hydrogens is 216 g/mol. The van der Waals surface area contributed by atoms with Crippen LogP contribution in [0.25, 0.3) is 0 Å². The average Bonchev–Trinajstić information content (AvgIpc) is 1.99. The van der Waals surface area contributed by atoms with Crippen molar-refractivity contribution in [3.8, 4) is 0 Å². The largest absolute Gasteiger partial charge is 0.0715 e. The van der Waals surface area contributed by atoms with Gasteiger partial charge in [0.1, 0.15) is 0 Å². The van der Waals surface area contributed by atoms with Crippen molar-refractivity contribution in [2.45, 2.75) is 70.9 Å². The lowest BCUT2D eigenvalue weighted by Crippen LogP contribution is -2.52. The van der Waals surface area contributed by atoms with E-state index < -0.39 is 23.3 Å². The third-order valence-corrected chi connectivity index (χ3v) is 26.9. The van der Waals surface area contributed by atoms with Crippen molar-refractivity contribution >= 4 is 23.3 Å². The minimum absolute atomic E-state index is 0.809. The van der Waals surface area contributed by atoms with E-state index in [1.165, 1.54) is 6.04 Å². The molecule has 0 nitrogen and oxygen atoms in total. The molecule has 0 spiro atoms. The molecule has 0 bridgehead atoms. The minimum Gasteiger partial charge on any atom is -0.0715 e. The van der Waals surface area contributed by atoms with Gasteiger partial charge in [-0.25, -0.2) is 0 Å². The number of rotatable bonds is 5. The van der Waals surface area contributed by atoms with Crippen LogP contribution in [-0.4, -0.2) is 23.3 Å². The van der Waals surface area contributed by atoms with Crippen LogP contribution in [-0.2, 0) is 0 Å². The van der Waals surface area contributed by atoms with Crippen LogP contribution in [0.3, 0.4) is 0 Å². The Kier molecular flexibility index (Phi) is 4.88. The zero-order valence-corrected chi connectivity index (χ0v) is 14.6. The molecule has 0 aromatic rings. The van der Waals surface area contributed by atoms with E-state index >= 15 is 0 Å². The van der Waals surface area contributed by atoms with Crippen molar-refractivity contribution in [1.82, 2.24) is 0 Å². The van der Waals surface area contributed by atoms with Crippen molar-refractivity contribution in [1.29, 1.82) is 0 Å². The Bertz CT molecular complexity index is 177. The zero-order valence-electron chi connectivity index (χ0n) is 11.6. The molecule has 0 atom stereocenters. The average molecular weight is 247 g/mol. The molecule has 0 saturated carbocycles. The van der Waals surface area contributed by atoms with Crippen LogP contribution < -0.4 is 0 Å². The molecule has 0 aromatic heterocycles. The van der Waals surface area contributed by atoms with E-state index in [4.69, 9.17) is 0 Å². The van der Waals surface area contributed by atoms with Crippen molar-refractivity contribution in [2.75, 3.05) is 0 Å². The lowest BCUT2D eigenvalue weighted by molar-refractivity contribution is 1.22. The van der Waals surface area contributed by atoms with Gasteiger partial charge in [-0.05, 0) is 0 Å². The van der Waals surface area contributed by atoms with Crippen molar-refractivity contribution in [3.05, 3.63) is 0 Å². The van der Waals surface area contributed by atoms with Gasteiger partial charge in [0.2, 0.25) is 0 Å². The van der Waals surface area contributed by atoms with Gasteiger partial charge in [-0.1, -0.05) is 70.9 Å². The molecule has 14 heavy (non-hydrogen) atoms. The summed E-state index contributed by atoms with van der Waals surface area (Å²) in [4.78, 5) is 0. The van der Waals surface area contributed by atoms with Gasteiger partial charge in [0.15, 0.2) is 0 Å². The monoisotopic (exact) mass is 246 g/mol. The molecule has 86 valence electrons. The smallest absolute Gasteiger partial charge is 0.0468 e. The van der Waals surface area contributed by atoms with Crippen molar-refractivity contribution in [3.63, 3.8) is 0 Å². The molecule has 0 radical (unpaired) electrons. The van der Waals surface area contributed by atoms with Crippen LogP contribution in [0.4, 0.5) is 0 Å². The molecule has 3 heteroatoms. The van der Waals surface area contributed by atoms with Crippen LogP contribution in [0.5, 0.6) is 0 Å². The summed E-state index contributed by atoms with van der Waals surface area (Å²) in [5.41, 5.74) is 0. The second kappa shape index (κ2) is 4.66. The van der Waals surface area contributed by atoms with E-state index in [-0.39, 0.29) is 0 Å². The Balaban J connectivity index is 4.27. The predicted octanol–water partition coefficient (Wildman–Crippen LogP) is 4.84. The molecule has 0 N–H and O–H groups in total. The van der Waals surface area contributed by atoms with Gasteiger partial charge in [0.25, 0.3) is 0 Å². The van der Waals surface area contributed by atoms with E-state index in [1.807, 2.05) is 0 Å². The summed E-state index contributed by atoms with van der Waals surface area (Å²) < 4.78 is 0. The van der Waals surface area contributed by atoms with E-state index in [9.17, 15) is 0 Å². The van der Waals surface area contributed by atoms with E-state index in [0.29, 0.717) is 0 Å². The standard InChI is InChI=1S/C11H30Si3/c1-9-13(5,6)10-11-14(7,8)12(2,3)4/h9-11H2,1-8H3. The van der Waals surface area contributed by atoms with Gasteiger partial charge in [0.05, 0.1) is 0 Å². The summed E-state index contributed by atoms with van der Waals surface area (Å²) in [5, 5.41) is 0. The van der Waals surface area contributed by atoms with E-state index in [0.717, 1.165) is 0 Å². The molecule has 0 aliphatic carbocycles.